The molecule has 1 aliphatic heterocycles. The van der Waals surface area contributed by atoms with Crippen LogP contribution in [0.2, 0.25) is 0 Å². The molecule has 1 aliphatic rings. The molecular formula is C13H17N3O3. The molecular weight excluding hydrogens is 246 g/mol. The zero-order valence-electron chi connectivity index (χ0n) is 10.8. The molecule has 19 heavy (non-hydrogen) atoms. The number of rotatable bonds is 3. The van der Waals surface area contributed by atoms with Crippen molar-refractivity contribution in [2.75, 3.05) is 13.1 Å². The molecule has 2 amide bonds. The summed E-state index contributed by atoms with van der Waals surface area (Å²) in [6.07, 6.45) is 2.94. The van der Waals surface area contributed by atoms with Crippen molar-refractivity contribution in [1.82, 2.24) is 15.6 Å². The Labute approximate surface area is 111 Å². The van der Waals surface area contributed by atoms with Gasteiger partial charge in [-0.25, -0.2) is 0 Å². The van der Waals surface area contributed by atoms with Gasteiger partial charge in [-0.1, -0.05) is 0 Å². The van der Waals surface area contributed by atoms with Gasteiger partial charge in [0.25, 0.3) is 5.91 Å². The number of imide groups is 1. The third kappa shape index (κ3) is 3.29. The van der Waals surface area contributed by atoms with Gasteiger partial charge in [0.15, 0.2) is 5.78 Å². The Hall–Kier alpha value is -1.95. The summed E-state index contributed by atoms with van der Waals surface area (Å²) >= 11 is 0. The Bertz CT molecular complexity index is 501. The molecule has 6 heteroatoms. The second-order valence-electron chi connectivity index (χ2n) is 4.70. The molecule has 1 fully saturated rings. The third-order valence-electron chi connectivity index (χ3n) is 3.28. The maximum absolute atomic E-state index is 11.9. The fourth-order valence-electron chi connectivity index (χ4n) is 2.09. The Kier molecular flexibility index (Phi) is 4.11. The molecule has 0 bridgehead atoms. The van der Waals surface area contributed by atoms with Crippen molar-refractivity contribution in [3.63, 3.8) is 0 Å². The first-order valence-corrected chi connectivity index (χ1v) is 6.33. The lowest BCUT2D eigenvalue weighted by Crippen LogP contribution is -2.40. The first kappa shape index (κ1) is 13.5. The van der Waals surface area contributed by atoms with Gasteiger partial charge in [-0.2, -0.15) is 0 Å². The summed E-state index contributed by atoms with van der Waals surface area (Å²) in [7, 11) is 0. The molecule has 6 nitrogen and oxygen atoms in total. The lowest BCUT2D eigenvalue weighted by Gasteiger charge is -2.21. The summed E-state index contributed by atoms with van der Waals surface area (Å²) in [5.74, 6) is -0.978. The van der Waals surface area contributed by atoms with Crippen LogP contribution in [0.1, 0.15) is 40.6 Å². The minimum absolute atomic E-state index is 0.118. The molecule has 2 rings (SSSR count). The first-order chi connectivity index (χ1) is 9.08. The number of piperidine rings is 1. The van der Waals surface area contributed by atoms with Gasteiger partial charge in [0.1, 0.15) is 5.69 Å². The third-order valence-corrected chi connectivity index (χ3v) is 3.28. The van der Waals surface area contributed by atoms with Gasteiger partial charge in [-0.3, -0.25) is 19.7 Å². The van der Waals surface area contributed by atoms with E-state index >= 15 is 0 Å². The van der Waals surface area contributed by atoms with Crippen LogP contribution in [-0.2, 0) is 4.79 Å². The van der Waals surface area contributed by atoms with Gasteiger partial charge in [0.2, 0.25) is 5.91 Å². The van der Waals surface area contributed by atoms with Crippen molar-refractivity contribution in [2.24, 2.45) is 5.92 Å². The molecule has 0 unspecified atom stereocenters. The van der Waals surface area contributed by atoms with Crippen LogP contribution in [0.25, 0.3) is 0 Å². The zero-order chi connectivity index (χ0) is 13.8. The standard InChI is InChI=1S/C13H17N3O3/c1-8(17)10-6-11(15-7-10)13(19)16-12(18)9-2-4-14-5-3-9/h6-7,9,14-15H,2-5H2,1H3,(H,16,18,19). The fraction of sp³-hybridized carbons (Fsp3) is 0.462. The van der Waals surface area contributed by atoms with Crippen molar-refractivity contribution < 1.29 is 14.4 Å². The molecule has 0 saturated carbocycles. The number of carbonyl (C=O) groups is 3. The van der Waals surface area contributed by atoms with Gasteiger partial charge in [0.05, 0.1) is 0 Å². The van der Waals surface area contributed by atoms with E-state index < -0.39 is 5.91 Å². The second kappa shape index (κ2) is 5.79. The van der Waals surface area contributed by atoms with E-state index in [1.54, 1.807) is 0 Å². The van der Waals surface area contributed by atoms with E-state index in [1.807, 2.05) is 0 Å². The van der Waals surface area contributed by atoms with Gasteiger partial charge in [-0.15, -0.1) is 0 Å². The number of aromatic nitrogens is 1. The van der Waals surface area contributed by atoms with Gasteiger partial charge >= 0.3 is 0 Å². The molecule has 1 saturated heterocycles. The van der Waals surface area contributed by atoms with Gasteiger partial charge < -0.3 is 10.3 Å². The lowest BCUT2D eigenvalue weighted by atomic mass is 9.97. The molecule has 0 aromatic carbocycles. The zero-order valence-corrected chi connectivity index (χ0v) is 10.8. The normalized spacial score (nSPS) is 16.1. The van der Waals surface area contributed by atoms with Gasteiger partial charge in [0, 0.05) is 17.7 Å². The maximum Gasteiger partial charge on any atom is 0.274 e. The average molecular weight is 263 g/mol. The Balaban J connectivity index is 1.95. The smallest absolute Gasteiger partial charge is 0.274 e. The Morgan fingerprint density at radius 1 is 1.26 bits per heavy atom. The first-order valence-electron chi connectivity index (χ1n) is 6.33. The van der Waals surface area contributed by atoms with Crippen molar-refractivity contribution in [2.45, 2.75) is 19.8 Å². The van der Waals surface area contributed by atoms with E-state index in [0.717, 1.165) is 25.9 Å². The lowest BCUT2D eigenvalue weighted by molar-refractivity contribution is -0.124. The SMILES string of the molecule is CC(=O)c1c[nH]c(C(=O)NC(=O)C2CCNCC2)c1. The van der Waals surface area contributed by atoms with E-state index in [0.29, 0.717) is 5.56 Å². The van der Waals surface area contributed by atoms with Crippen LogP contribution in [0.3, 0.4) is 0 Å². The van der Waals surface area contributed by atoms with Gasteiger partial charge in [-0.05, 0) is 38.9 Å². The largest absolute Gasteiger partial charge is 0.356 e. The highest BCUT2D eigenvalue weighted by atomic mass is 16.2. The van der Waals surface area contributed by atoms with Crippen molar-refractivity contribution in [3.05, 3.63) is 23.5 Å². The molecule has 1 aromatic heterocycles. The molecule has 0 spiro atoms. The number of ketones is 1. The number of hydrogen-bond acceptors (Lipinski definition) is 4. The number of aromatic amines is 1. The molecule has 0 aliphatic carbocycles. The van der Waals surface area contributed by atoms with Crippen LogP contribution >= 0.6 is 0 Å². The van der Waals surface area contributed by atoms with Crippen LogP contribution in [0.4, 0.5) is 0 Å². The highest BCUT2D eigenvalue weighted by Gasteiger charge is 2.23. The minimum atomic E-state index is -0.490. The van der Waals surface area contributed by atoms with Crippen LogP contribution in [0.15, 0.2) is 12.3 Å². The Morgan fingerprint density at radius 2 is 1.95 bits per heavy atom. The van der Waals surface area contributed by atoms with E-state index in [9.17, 15) is 14.4 Å². The van der Waals surface area contributed by atoms with Crippen molar-refractivity contribution >= 4 is 17.6 Å². The predicted octanol–water partition coefficient (Wildman–Crippen LogP) is 0.473. The average Bonchev–Trinajstić information content (AvgIpc) is 2.89. The number of Topliss-reactive ketones (excluding diaryl/α,β-unsaturated/α-hetero) is 1. The van der Waals surface area contributed by atoms with Crippen molar-refractivity contribution in [1.29, 1.82) is 0 Å². The number of amides is 2. The fourth-order valence-corrected chi connectivity index (χ4v) is 2.09. The second-order valence-corrected chi connectivity index (χ2v) is 4.70. The topological polar surface area (TPSA) is 91.1 Å². The van der Waals surface area contributed by atoms with Crippen molar-refractivity contribution in [3.8, 4) is 0 Å². The monoisotopic (exact) mass is 263 g/mol. The number of carbonyl (C=O) groups excluding carboxylic acids is 3. The van der Waals surface area contributed by atoms with E-state index in [1.165, 1.54) is 19.2 Å². The number of H-pyrrole nitrogens is 1. The molecule has 0 radical (unpaired) electrons. The molecule has 2 heterocycles. The Morgan fingerprint density at radius 3 is 2.53 bits per heavy atom. The van der Waals surface area contributed by atoms with E-state index in [4.69, 9.17) is 0 Å². The number of hydrogen-bond donors (Lipinski definition) is 3. The highest BCUT2D eigenvalue weighted by molar-refractivity contribution is 6.05. The van der Waals surface area contributed by atoms with E-state index in [-0.39, 0.29) is 23.3 Å². The maximum atomic E-state index is 11.9. The summed E-state index contributed by atoms with van der Waals surface area (Å²) in [6.45, 7) is 3.01. The van der Waals surface area contributed by atoms with E-state index in [2.05, 4.69) is 15.6 Å². The summed E-state index contributed by atoms with van der Waals surface area (Å²) in [4.78, 5) is 37.5. The summed E-state index contributed by atoms with van der Waals surface area (Å²) in [5.41, 5.74) is 0.659. The number of nitrogens with one attached hydrogen (secondary N) is 3. The molecule has 102 valence electrons. The van der Waals surface area contributed by atoms with Crippen LogP contribution in [0.5, 0.6) is 0 Å². The molecule has 1 aromatic rings. The summed E-state index contributed by atoms with van der Waals surface area (Å²) in [5, 5.41) is 5.53. The van der Waals surface area contributed by atoms with Crippen LogP contribution < -0.4 is 10.6 Å². The van der Waals surface area contributed by atoms with Crippen LogP contribution in [0, 0.1) is 5.92 Å². The summed E-state index contributed by atoms with van der Waals surface area (Å²) in [6, 6.07) is 1.45. The van der Waals surface area contributed by atoms with Crippen LogP contribution in [-0.4, -0.2) is 35.7 Å². The predicted molar refractivity (Wildman–Crippen MR) is 68.9 cm³/mol. The molecule has 0 atom stereocenters. The minimum Gasteiger partial charge on any atom is -0.356 e. The summed E-state index contributed by atoms with van der Waals surface area (Å²) < 4.78 is 0. The molecule has 3 N–H and O–H groups in total. The quantitative estimate of drug-likeness (QED) is 0.546. The highest BCUT2D eigenvalue weighted by Crippen LogP contribution is 2.12.